The van der Waals surface area contributed by atoms with Crippen LogP contribution in [0.15, 0.2) is 48.8 Å². The van der Waals surface area contributed by atoms with Gasteiger partial charge in [0.2, 0.25) is 0 Å². The van der Waals surface area contributed by atoms with Crippen molar-refractivity contribution >= 4 is 33.4 Å². The van der Waals surface area contributed by atoms with Crippen LogP contribution in [0.3, 0.4) is 0 Å². The molecule has 1 aliphatic heterocycles. The molecule has 5 heteroatoms. The molecule has 0 amide bonds. The Morgan fingerprint density at radius 3 is 2.29 bits per heavy atom. The maximum absolute atomic E-state index is 4.05. The number of aromatic nitrogens is 1. The van der Waals surface area contributed by atoms with Crippen molar-refractivity contribution in [3.8, 4) is 11.1 Å². The Hall–Kier alpha value is -1.37. The fourth-order valence-corrected chi connectivity index (χ4v) is 2.75. The van der Waals surface area contributed by atoms with Gasteiger partial charge in [-0.2, -0.15) is 0 Å². The molecule has 78 valence electrons. The topological polar surface area (TPSA) is 12.9 Å². The molecule has 0 atom stereocenters. The van der Waals surface area contributed by atoms with Gasteiger partial charge < -0.3 is 0 Å². The molecule has 0 aliphatic carbocycles. The lowest BCUT2D eigenvalue weighted by Gasteiger charge is -2.07. The second-order valence-corrected chi connectivity index (χ2v) is 4.84. The summed E-state index contributed by atoms with van der Waals surface area (Å²) in [5, 5.41) is 0. The quantitative estimate of drug-likeness (QED) is 0.644. The van der Waals surface area contributed by atoms with Crippen molar-refractivity contribution in [2.45, 2.75) is 6.22 Å². The number of hydrogen-bond acceptors (Lipinski definition) is 1. The van der Waals surface area contributed by atoms with Crippen molar-refractivity contribution in [1.29, 1.82) is 0 Å². The van der Waals surface area contributed by atoms with Crippen LogP contribution in [0.25, 0.3) is 11.1 Å². The summed E-state index contributed by atoms with van der Waals surface area (Å²) >= 11 is 0. The maximum Gasteiger partial charge on any atom is 0.0998 e. The molecular weight excluding hydrogens is 201 g/mol. The molecule has 1 aromatic carbocycles. The minimum atomic E-state index is 0.807. The SMILES string of the molecule is B1BB(c2ccc(-c3ccncc3)cc2)BC1. The van der Waals surface area contributed by atoms with Gasteiger partial charge in [-0.05, 0) is 23.3 Å². The summed E-state index contributed by atoms with van der Waals surface area (Å²) in [6.45, 7) is 0.807. The van der Waals surface area contributed by atoms with Crippen molar-refractivity contribution in [1.82, 2.24) is 4.98 Å². The molecule has 0 bridgehead atoms. The van der Waals surface area contributed by atoms with E-state index in [0.717, 1.165) is 6.49 Å². The van der Waals surface area contributed by atoms with E-state index in [0.29, 0.717) is 0 Å². The van der Waals surface area contributed by atoms with Gasteiger partial charge in [-0.25, -0.2) is 0 Å². The number of pyridine rings is 1. The van der Waals surface area contributed by atoms with Gasteiger partial charge in [0, 0.05) is 12.4 Å². The van der Waals surface area contributed by atoms with Gasteiger partial charge in [0.1, 0.15) is 0 Å². The van der Waals surface area contributed by atoms with E-state index in [1.165, 1.54) is 44.2 Å². The van der Waals surface area contributed by atoms with E-state index in [9.17, 15) is 0 Å². The van der Waals surface area contributed by atoms with Crippen LogP contribution in [0.4, 0.5) is 0 Å². The molecule has 1 aromatic heterocycles. The Bertz CT molecular complexity index is 480. The van der Waals surface area contributed by atoms with Crippen LogP contribution in [0.1, 0.15) is 0 Å². The summed E-state index contributed by atoms with van der Waals surface area (Å²) in [6, 6.07) is 13.2. The first kappa shape index (κ1) is 10.8. The third-order valence-corrected chi connectivity index (χ3v) is 3.75. The van der Waals surface area contributed by atoms with Gasteiger partial charge in [-0.3, -0.25) is 4.98 Å². The lowest BCUT2D eigenvalue weighted by molar-refractivity contribution is 1.33. The zero-order valence-electron chi connectivity index (χ0n) is 9.97. The van der Waals surface area contributed by atoms with E-state index < -0.39 is 0 Å². The van der Waals surface area contributed by atoms with E-state index in [-0.39, 0.29) is 0 Å². The van der Waals surface area contributed by atoms with Gasteiger partial charge in [-0.15, -0.1) is 6.22 Å². The summed E-state index contributed by atoms with van der Waals surface area (Å²) in [4.78, 5) is 4.05. The molecule has 0 radical (unpaired) electrons. The first-order valence-electron chi connectivity index (χ1n) is 6.44. The van der Waals surface area contributed by atoms with Crippen LogP contribution >= 0.6 is 0 Å². The zero-order valence-corrected chi connectivity index (χ0v) is 9.97. The second-order valence-electron chi connectivity index (χ2n) is 4.84. The Morgan fingerprint density at radius 1 is 0.941 bits per heavy atom. The third-order valence-electron chi connectivity index (χ3n) is 3.75. The predicted octanol–water partition coefficient (Wildman–Crippen LogP) is 0.0577. The number of hydrogen-bond donors (Lipinski definition) is 0. The Morgan fingerprint density at radius 2 is 1.65 bits per heavy atom. The van der Waals surface area contributed by atoms with Gasteiger partial charge >= 0.3 is 0 Å². The smallest absolute Gasteiger partial charge is 0.0998 e. The van der Waals surface area contributed by atoms with Gasteiger partial charge in [0.05, 0.1) is 27.9 Å². The van der Waals surface area contributed by atoms with E-state index in [1.807, 2.05) is 12.4 Å². The van der Waals surface area contributed by atoms with Crippen molar-refractivity contribution in [3.05, 3.63) is 48.8 Å². The molecule has 3 rings (SSSR count). The van der Waals surface area contributed by atoms with E-state index in [4.69, 9.17) is 0 Å². The van der Waals surface area contributed by atoms with Crippen molar-refractivity contribution < 1.29 is 0 Å². The summed E-state index contributed by atoms with van der Waals surface area (Å²) in [5.74, 6) is 0. The average Bonchev–Trinajstić information content (AvgIpc) is 2.94. The van der Waals surface area contributed by atoms with E-state index in [2.05, 4.69) is 41.4 Å². The molecule has 1 nitrogen and oxygen atoms in total. The molecule has 0 saturated carbocycles. The summed E-state index contributed by atoms with van der Waals surface area (Å²) in [7, 11) is 4.14. The van der Waals surface area contributed by atoms with Gasteiger partial charge in [-0.1, -0.05) is 29.7 Å². The van der Waals surface area contributed by atoms with Crippen LogP contribution in [0.2, 0.25) is 6.22 Å². The monoisotopic (exact) mass is 215 g/mol. The third kappa shape index (κ3) is 2.33. The molecule has 0 spiro atoms. The molecule has 2 heterocycles. The highest BCUT2D eigenvalue weighted by Crippen LogP contribution is 2.16. The Kier molecular flexibility index (Phi) is 3.08. The van der Waals surface area contributed by atoms with Crippen molar-refractivity contribution in [2.24, 2.45) is 0 Å². The minimum absolute atomic E-state index is 0.807. The molecule has 2 aromatic rings. The lowest BCUT2D eigenvalue weighted by atomic mass is 9.03. The van der Waals surface area contributed by atoms with Crippen LogP contribution in [0, 0.1) is 0 Å². The largest absolute Gasteiger partial charge is 0.265 e. The fraction of sp³-hybridized carbons (Fsp3) is 0.0833. The first-order valence-corrected chi connectivity index (χ1v) is 6.44. The summed E-state index contributed by atoms with van der Waals surface area (Å²) in [5.41, 5.74) is 4.05. The molecule has 1 aliphatic rings. The molecule has 0 unspecified atom stereocenters. The standard InChI is InChI=1S/C12H13B4N/c1-3-12(16-14-9-13-15-16)4-2-10(1)11-5-7-17-8-6-11/h1-8,13-15H,9H2. The Balaban J connectivity index is 1.85. The highest BCUT2D eigenvalue weighted by atomic mass is 14.6. The minimum Gasteiger partial charge on any atom is -0.265 e. The highest BCUT2D eigenvalue weighted by Gasteiger charge is 2.23. The number of nitrogens with zero attached hydrogens (tertiary/aromatic N) is 1. The second kappa shape index (κ2) is 4.87. The Labute approximate surface area is 105 Å². The van der Waals surface area contributed by atoms with Gasteiger partial charge in [0.25, 0.3) is 0 Å². The number of benzene rings is 1. The van der Waals surface area contributed by atoms with E-state index in [1.54, 1.807) is 0 Å². The van der Waals surface area contributed by atoms with Crippen LogP contribution in [0.5, 0.6) is 0 Å². The average molecular weight is 214 g/mol. The van der Waals surface area contributed by atoms with Gasteiger partial charge in [0.15, 0.2) is 0 Å². The zero-order chi connectivity index (χ0) is 11.5. The molecule has 1 fully saturated rings. The summed E-state index contributed by atoms with van der Waals surface area (Å²) < 4.78 is 0. The van der Waals surface area contributed by atoms with Crippen LogP contribution < -0.4 is 5.46 Å². The highest BCUT2D eigenvalue weighted by molar-refractivity contribution is 7.61. The molecule has 1 saturated heterocycles. The van der Waals surface area contributed by atoms with Crippen LogP contribution in [-0.4, -0.2) is 32.9 Å². The molecule has 17 heavy (non-hydrogen) atoms. The first-order chi connectivity index (χ1) is 8.43. The normalized spacial score (nSPS) is 13.8. The van der Waals surface area contributed by atoms with Crippen molar-refractivity contribution in [2.75, 3.05) is 0 Å². The lowest BCUT2D eigenvalue weighted by Crippen LogP contribution is -2.38. The number of rotatable bonds is 2. The predicted molar refractivity (Wildman–Crippen MR) is 81.3 cm³/mol. The van der Waals surface area contributed by atoms with Crippen molar-refractivity contribution in [3.63, 3.8) is 0 Å². The molecular formula is C12H13B4N. The van der Waals surface area contributed by atoms with Crippen LogP contribution in [-0.2, 0) is 0 Å². The maximum atomic E-state index is 4.05. The fourth-order valence-electron chi connectivity index (χ4n) is 2.75. The molecule has 0 N–H and O–H groups in total. The summed E-state index contributed by atoms with van der Waals surface area (Å²) in [6.07, 6.45) is 5.09. The van der Waals surface area contributed by atoms with E-state index >= 15 is 0 Å².